The van der Waals surface area contributed by atoms with Gasteiger partial charge in [0, 0.05) is 17.1 Å². The second kappa shape index (κ2) is 5.25. The minimum atomic E-state index is -0.470. The molecular weight excluding hydrogens is 252 g/mol. The van der Waals surface area contributed by atoms with Crippen molar-refractivity contribution in [3.05, 3.63) is 56.3 Å². The van der Waals surface area contributed by atoms with Crippen molar-refractivity contribution in [1.29, 1.82) is 0 Å². The van der Waals surface area contributed by atoms with Gasteiger partial charge in [-0.25, -0.2) is 4.85 Å². The Kier molecular flexibility index (Phi) is 3.50. The van der Waals surface area contributed by atoms with Gasteiger partial charge in [0.05, 0.1) is 23.6 Å². The molecule has 0 bridgehead atoms. The van der Waals surface area contributed by atoms with E-state index in [1.54, 1.807) is 11.7 Å². The zero-order chi connectivity index (χ0) is 13.0. The molecule has 0 amide bonds. The third-order valence-electron chi connectivity index (χ3n) is 2.24. The molecule has 18 heavy (non-hydrogen) atoms. The minimum absolute atomic E-state index is 0.0353. The van der Waals surface area contributed by atoms with Crippen LogP contribution in [0.4, 0.5) is 17.1 Å². The highest BCUT2D eigenvalue weighted by atomic mass is 32.1. The van der Waals surface area contributed by atoms with E-state index in [0.717, 1.165) is 4.88 Å². The summed E-state index contributed by atoms with van der Waals surface area (Å²) < 4.78 is 0. The highest BCUT2D eigenvalue weighted by molar-refractivity contribution is 7.09. The molecule has 0 aliphatic carbocycles. The SMILES string of the molecule is [C-]#[N+]c1ccc([N+](=O)[O-])c(NCc2cncs2)c1. The van der Waals surface area contributed by atoms with Crippen molar-refractivity contribution in [2.24, 2.45) is 0 Å². The maximum atomic E-state index is 10.9. The normalized spacial score (nSPS) is 9.72. The number of hydrogen-bond acceptors (Lipinski definition) is 5. The van der Waals surface area contributed by atoms with Crippen LogP contribution in [0.3, 0.4) is 0 Å². The average Bonchev–Trinajstić information content (AvgIpc) is 2.88. The van der Waals surface area contributed by atoms with Crippen molar-refractivity contribution in [2.75, 3.05) is 5.32 Å². The monoisotopic (exact) mass is 260 g/mol. The van der Waals surface area contributed by atoms with Crippen LogP contribution in [0.2, 0.25) is 0 Å². The Bertz CT molecular complexity index is 604. The summed E-state index contributed by atoms with van der Waals surface area (Å²) in [6.45, 7) is 7.36. The number of nitro benzene ring substituents is 1. The number of nitrogens with zero attached hydrogens (tertiary/aromatic N) is 3. The molecule has 1 aromatic heterocycles. The van der Waals surface area contributed by atoms with Gasteiger partial charge in [0.25, 0.3) is 5.69 Å². The van der Waals surface area contributed by atoms with E-state index in [1.807, 2.05) is 0 Å². The molecule has 6 nitrogen and oxygen atoms in total. The van der Waals surface area contributed by atoms with E-state index in [0.29, 0.717) is 17.9 Å². The van der Waals surface area contributed by atoms with Gasteiger partial charge >= 0.3 is 0 Å². The molecule has 1 N–H and O–H groups in total. The molecule has 0 fully saturated rings. The van der Waals surface area contributed by atoms with Gasteiger partial charge in [-0.05, 0) is 12.1 Å². The summed E-state index contributed by atoms with van der Waals surface area (Å²) in [6, 6.07) is 4.25. The van der Waals surface area contributed by atoms with Gasteiger partial charge in [0.2, 0.25) is 0 Å². The summed E-state index contributed by atoms with van der Waals surface area (Å²) in [5.74, 6) is 0. The molecule has 0 saturated heterocycles. The van der Waals surface area contributed by atoms with Crippen molar-refractivity contribution in [3.63, 3.8) is 0 Å². The van der Waals surface area contributed by atoms with Gasteiger partial charge in [0.15, 0.2) is 5.69 Å². The van der Waals surface area contributed by atoms with Crippen LogP contribution in [0, 0.1) is 16.7 Å². The number of rotatable bonds is 4. The number of anilines is 1. The fourth-order valence-corrected chi connectivity index (χ4v) is 1.94. The highest BCUT2D eigenvalue weighted by Gasteiger charge is 2.13. The molecule has 0 atom stereocenters. The maximum absolute atomic E-state index is 10.9. The summed E-state index contributed by atoms with van der Waals surface area (Å²) in [7, 11) is 0. The molecule has 7 heteroatoms. The largest absolute Gasteiger partial charge is 0.376 e. The van der Waals surface area contributed by atoms with Crippen LogP contribution in [0.1, 0.15) is 4.88 Å². The Morgan fingerprint density at radius 1 is 1.56 bits per heavy atom. The van der Waals surface area contributed by atoms with E-state index in [4.69, 9.17) is 6.57 Å². The van der Waals surface area contributed by atoms with Crippen LogP contribution in [0.15, 0.2) is 29.9 Å². The lowest BCUT2D eigenvalue weighted by Gasteiger charge is -2.05. The lowest BCUT2D eigenvalue weighted by Crippen LogP contribution is -2.01. The molecule has 0 saturated carbocycles. The second-order valence-electron chi connectivity index (χ2n) is 3.39. The van der Waals surface area contributed by atoms with Gasteiger partial charge in [-0.15, -0.1) is 11.3 Å². The van der Waals surface area contributed by atoms with E-state index >= 15 is 0 Å². The lowest BCUT2D eigenvalue weighted by molar-refractivity contribution is -0.383. The Morgan fingerprint density at radius 3 is 3.00 bits per heavy atom. The number of nitrogens with one attached hydrogen (secondary N) is 1. The zero-order valence-corrected chi connectivity index (χ0v) is 9.98. The van der Waals surface area contributed by atoms with Crippen molar-refractivity contribution in [1.82, 2.24) is 4.98 Å². The minimum Gasteiger partial charge on any atom is -0.376 e. The maximum Gasteiger partial charge on any atom is 0.289 e. The summed E-state index contributed by atoms with van der Waals surface area (Å²) in [4.78, 5) is 18.5. The third kappa shape index (κ3) is 2.61. The zero-order valence-electron chi connectivity index (χ0n) is 9.16. The van der Waals surface area contributed by atoms with Gasteiger partial charge in [0.1, 0.15) is 5.69 Å². The van der Waals surface area contributed by atoms with Crippen LogP contribution in [-0.2, 0) is 6.54 Å². The molecule has 0 spiro atoms. The first-order valence-corrected chi connectivity index (χ1v) is 5.86. The summed E-state index contributed by atoms with van der Waals surface area (Å²) in [5, 5.41) is 13.8. The summed E-state index contributed by atoms with van der Waals surface area (Å²) in [5.41, 5.74) is 2.38. The quantitative estimate of drug-likeness (QED) is 0.520. The number of nitro groups is 1. The molecule has 0 radical (unpaired) electrons. The summed E-state index contributed by atoms with van der Waals surface area (Å²) >= 11 is 1.46. The van der Waals surface area contributed by atoms with Crippen molar-refractivity contribution < 1.29 is 4.92 Å². The molecule has 1 aromatic carbocycles. The van der Waals surface area contributed by atoms with Crippen LogP contribution < -0.4 is 5.32 Å². The molecule has 0 aliphatic rings. The fraction of sp³-hybridized carbons (Fsp3) is 0.0909. The Labute approximate surface area is 107 Å². The molecule has 90 valence electrons. The number of hydrogen-bond donors (Lipinski definition) is 1. The first-order chi connectivity index (χ1) is 8.70. The van der Waals surface area contributed by atoms with Crippen molar-refractivity contribution in [2.45, 2.75) is 6.54 Å². The standard InChI is InChI=1S/C11H8N4O2S/c1-12-8-2-3-11(15(16)17)10(4-8)14-6-9-5-13-7-18-9/h2-5,7,14H,6H2. The van der Waals surface area contributed by atoms with Crippen LogP contribution in [0.25, 0.3) is 4.85 Å². The molecule has 2 aromatic rings. The van der Waals surface area contributed by atoms with Gasteiger partial charge in [-0.2, -0.15) is 0 Å². The molecule has 2 rings (SSSR count). The Morgan fingerprint density at radius 2 is 2.39 bits per heavy atom. The van der Waals surface area contributed by atoms with Gasteiger partial charge < -0.3 is 5.32 Å². The third-order valence-corrected chi connectivity index (χ3v) is 3.02. The molecule has 0 unspecified atom stereocenters. The Balaban J connectivity index is 2.24. The molecule has 0 aliphatic heterocycles. The number of thiazole rings is 1. The Hall–Kier alpha value is -2.46. The topological polar surface area (TPSA) is 72.4 Å². The first-order valence-electron chi connectivity index (χ1n) is 4.98. The predicted octanol–water partition coefficient (Wildman–Crippen LogP) is 3.21. The van der Waals surface area contributed by atoms with Gasteiger partial charge in [-0.3, -0.25) is 15.1 Å². The van der Waals surface area contributed by atoms with Crippen LogP contribution >= 0.6 is 11.3 Å². The number of benzene rings is 1. The van der Waals surface area contributed by atoms with E-state index < -0.39 is 4.92 Å². The first kappa shape index (κ1) is 12.0. The number of aromatic nitrogens is 1. The van der Waals surface area contributed by atoms with Gasteiger partial charge in [-0.1, -0.05) is 0 Å². The second-order valence-corrected chi connectivity index (χ2v) is 4.36. The van der Waals surface area contributed by atoms with E-state index in [2.05, 4.69) is 15.1 Å². The molecule has 1 heterocycles. The van der Waals surface area contributed by atoms with E-state index in [1.165, 1.54) is 29.5 Å². The van der Waals surface area contributed by atoms with Crippen LogP contribution in [0.5, 0.6) is 0 Å². The van der Waals surface area contributed by atoms with Crippen LogP contribution in [-0.4, -0.2) is 9.91 Å². The van der Waals surface area contributed by atoms with Crippen molar-refractivity contribution in [3.8, 4) is 0 Å². The lowest BCUT2D eigenvalue weighted by atomic mass is 10.2. The average molecular weight is 260 g/mol. The van der Waals surface area contributed by atoms with Crippen molar-refractivity contribution >= 4 is 28.4 Å². The fourth-order valence-electron chi connectivity index (χ4n) is 1.41. The smallest absolute Gasteiger partial charge is 0.289 e. The predicted molar refractivity (Wildman–Crippen MR) is 68.8 cm³/mol. The highest BCUT2D eigenvalue weighted by Crippen LogP contribution is 2.29. The van der Waals surface area contributed by atoms with E-state index in [9.17, 15) is 10.1 Å². The van der Waals surface area contributed by atoms with E-state index in [-0.39, 0.29) is 5.69 Å². The summed E-state index contributed by atoms with van der Waals surface area (Å²) in [6.07, 6.45) is 1.70. The molecular formula is C11H8N4O2S.